The Morgan fingerprint density at radius 3 is 2.79 bits per heavy atom. The van der Waals surface area contributed by atoms with Gasteiger partial charge in [-0.15, -0.1) is 5.10 Å². The summed E-state index contributed by atoms with van der Waals surface area (Å²) in [4.78, 5) is 12.4. The van der Waals surface area contributed by atoms with Crippen molar-refractivity contribution in [3.8, 4) is 17.2 Å². The first-order chi connectivity index (χ1) is 11.6. The summed E-state index contributed by atoms with van der Waals surface area (Å²) in [5.74, 6) is 0.540. The van der Waals surface area contributed by atoms with Gasteiger partial charge in [0.2, 0.25) is 0 Å². The van der Waals surface area contributed by atoms with E-state index < -0.39 is 5.91 Å². The van der Waals surface area contributed by atoms with E-state index >= 15 is 0 Å². The van der Waals surface area contributed by atoms with Crippen LogP contribution in [0.15, 0.2) is 42.5 Å². The molecule has 2 N–H and O–H groups in total. The number of ether oxygens (including phenoxy) is 1. The largest absolute Gasteiger partial charge is 0.507 e. The number of hydrogen-bond acceptors (Lipinski definition) is 6. The zero-order valence-corrected chi connectivity index (χ0v) is 13.1. The van der Waals surface area contributed by atoms with Gasteiger partial charge >= 0.3 is 0 Å². The molecule has 0 aliphatic heterocycles. The molecule has 0 radical (unpaired) electrons. The van der Waals surface area contributed by atoms with Crippen molar-refractivity contribution < 1.29 is 14.6 Å². The molecule has 0 bridgehead atoms. The molecule has 8 nitrogen and oxygen atoms in total. The Kier molecular flexibility index (Phi) is 4.11. The smallest absolute Gasteiger partial charge is 0.259 e. The standard InChI is InChI=1S/C16H15N5O3/c1-10-18-19-20-21(10)12-5-3-4-11(8-12)17-16(23)14-9-13(24-2)6-7-15(14)22/h3-9,22H,1-2H3,(H,17,23). The Bertz CT molecular complexity index is 891. The van der Waals surface area contributed by atoms with Crippen LogP contribution in [0.5, 0.6) is 11.5 Å². The third kappa shape index (κ3) is 3.02. The van der Waals surface area contributed by atoms with Gasteiger partial charge < -0.3 is 15.2 Å². The van der Waals surface area contributed by atoms with Crippen molar-refractivity contribution in [3.05, 3.63) is 53.9 Å². The lowest BCUT2D eigenvalue weighted by Crippen LogP contribution is -2.12. The minimum Gasteiger partial charge on any atom is -0.507 e. The topological polar surface area (TPSA) is 102 Å². The summed E-state index contributed by atoms with van der Waals surface area (Å²) >= 11 is 0. The van der Waals surface area contributed by atoms with Crippen LogP contribution in [0, 0.1) is 6.92 Å². The van der Waals surface area contributed by atoms with Gasteiger partial charge in [0.25, 0.3) is 5.91 Å². The number of tetrazole rings is 1. The number of aryl methyl sites for hydroxylation is 1. The van der Waals surface area contributed by atoms with E-state index in [0.717, 1.165) is 0 Å². The number of benzene rings is 2. The van der Waals surface area contributed by atoms with Crippen molar-refractivity contribution >= 4 is 11.6 Å². The maximum atomic E-state index is 12.4. The van der Waals surface area contributed by atoms with E-state index in [9.17, 15) is 9.90 Å². The molecule has 0 atom stereocenters. The molecule has 1 aromatic heterocycles. The third-order valence-electron chi connectivity index (χ3n) is 3.42. The fraction of sp³-hybridized carbons (Fsp3) is 0.125. The molecule has 24 heavy (non-hydrogen) atoms. The number of amides is 1. The van der Waals surface area contributed by atoms with Crippen LogP contribution >= 0.6 is 0 Å². The maximum Gasteiger partial charge on any atom is 0.259 e. The molecule has 8 heteroatoms. The number of hydrogen-bond donors (Lipinski definition) is 2. The van der Waals surface area contributed by atoms with Crippen molar-refractivity contribution in [2.75, 3.05) is 12.4 Å². The highest BCUT2D eigenvalue weighted by Crippen LogP contribution is 2.24. The summed E-state index contributed by atoms with van der Waals surface area (Å²) in [5.41, 5.74) is 1.39. The molecule has 0 saturated carbocycles. The van der Waals surface area contributed by atoms with Gasteiger partial charge in [0.1, 0.15) is 11.5 Å². The van der Waals surface area contributed by atoms with Crippen molar-refractivity contribution in [2.45, 2.75) is 6.92 Å². The lowest BCUT2D eigenvalue weighted by molar-refractivity contribution is 0.102. The number of carbonyl (C=O) groups is 1. The molecule has 3 aromatic rings. The molecule has 3 rings (SSSR count). The minimum absolute atomic E-state index is 0.123. The number of rotatable bonds is 4. The molecule has 0 saturated heterocycles. The van der Waals surface area contributed by atoms with Crippen LogP contribution < -0.4 is 10.1 Å². The number of methoxy groups -OCH3 is 1. The first kappa shape index (κ1) is 15.5. The first-order valence-corrected chi connectivity index (χ1v) is 7.12. The van der Waals surface area contributed by atoms with Crippen LogP contribution in [0.3, 0.4) is 0 Å². The van der Waals surface area contributed by atoms with E-state index in [4.69, 9.17) is 4.74 Å². The van der Waals surface area contributed by atoms with E-state index in [2.05, 4.69) is 20.8 Å². The van der Waals surface area contributed by atoms with Gasteiger partial charge in [-0.2, -0.15) is 4.68 Å². The monoisotopic (exact) mass is 325 g/mol. The maximum absolute atomic E-state index is 12.4. The van der Waals surface area contributed by atoms with Crippen molar-refractivity contribution in [1.82, 2.24) is 20.2 Å². The molecule has 1 amide bonds. The molecule has 0 fully saturated rings. The van der Waals surface area contributed by atoms with Gasteiger partial charge in [-0.1, -0.05) is 6.07 Å². The highest BCUT2D eigenvalue weighted by molar-refractivity contribution is 6.06. The Hall–Kier alpha value is -3.42. The van der Waals surface area contributed by atoms with Crippen molar-refractivity contribution in [1.29, 1.82) is 0 Å². The molecule has 0 aliphatic rings. The van der Waals surface area contributed by atoms with Gasteiger partial charge in [0, 0.05) is 5.69 Å². The zero-order valence-electron chi connectivity index (χ0n) is 13.1. The van der Waals surface area contributed by atoms with E-state index in [1.54, 1.807) is 35.9 Å². The molecule has 0 unspecified atom stereocenters. The predicted molar refractivity (Wildman–Crippen MR) is 86.5 cm³/mol. The van der Waals surface area contributed by atoms with E-state index in [1.165, 1.54) is 19.2 Å². The number of phenols is 1. The van der Waals surface area contributed by atoms with Crippen LogP contribution in [0.25, 0.3) is 5.69 Å². The van der Waals surface area contributed by atoms with Crippen LogP contribution in [-0.2, 0) is 0 Å². The Balaban J connectivity index is 1.86. The average Bonchev–Trinajstić information content (AvgIpc) is 3.01. The average molecular weight is 325 g/mol. The lowest BCUT2D eigenvalue weighted by atomic mass is 10.1. The number of aromatic hydroxyl groups is 1. The van der Waals surface area contributed by atoms with Gasteiger partial charge in [-0.3, -0.25) is 4.79 Å². The number of nitrogens with one attached hydrogen (secondary N) is 1. The number of anilines is 1. The quantitative estimate of drug-likeness (QED) is 0.760. The summed E-state index contributed by atoms with van der Waals surface area (Å²) in [5, 5.41) is 23.9. The van der Waals surface area contributed by atoms with Gasteiger partial charge in [0.05, 0.1) is 18.4 Å². The third-order valence-corrected chi connectivity index (χ3v) is 3.42. The summed E-state index contributed by atoms with van der Waals surface area (Å²) in [6, 6.07) is 11.5. The number of phenolic OH excluding ortho intramolecular Hbond substituents is 1. The Morgan fingerprint density at radius 1 is 1.25 bits per heavy atom. The predicted octanol–water partition coefficient (Wildman–Crippen LogP) is 1.94. The summed E-state index contributed by atoms with van der Waals surface area (Å²) in [7, 11) is 1.49. The van der Waals surface area contributed by atoms with E-state index in [0.29, 0.717) is 22.9 Å². The first-order valence-electron chi connectivity index (χ1n) is 7.12. The fourth-order valence-electron chi connectivity index (χ4n) is 2.21. The highest BCUT2D eigenvalue weighted by Gasteiger charge is 2.13. The van der Waals surface area contributed by atoms with Crippen LogP contribution in [-0.4, -0.2) is 38.3 Å². The van der Waals surface area contributed by atoms with Gasteiger partial charge in [0.15, 0.2) is 5.82 Å². The number of nitrogens with zero attached hydrogens (tertiary/aromatic N) is 4. The SMILES string of the molecule is COc1ccc(O)c(C(=O)Nc2cccc(-n3nnnc3C)c2)c1. The number of carbonyl (C=O) groups excluding carboxylic acids is 1. The molecule has 0 spiro atoms. The second-order valence-electron chi connectivity index (χ2n) is 5.03. The number of aromatic nitrogens is 4. The molecule has 122 valence electrons. The zero-order chi connectivity index (χ0) is 17.1. The molecule has 1 heterocycles. The Labute approximate surface area is 137 Å². The second-order valence-corrected chi connectivity index (χ2v) is 5.03. The van der Waals surface area contributed by atoms with Crippen molar-refractivity contribution in [2.24, 2.45) is 0 Å². The fourth-order valence-corrected chi connectivity index (χ4v) is 2.21. The summed E-state index contributed by atoms with van der Waals surface area (Å²) in [6.45, 7) is 1.78. The van der Waals surface area contributed by atoms with Crippen molar-refractivity contribution in [3.63, 3.8) is 0 Å². The van der Waals surface area contributed by atoms with E-state index in [-0.39, 0.29) is 11.3 Å². The highest BCUT2D eigenvalue weighted by atomic mass is 16.5. The van der Waals surface area contributed by atoms with Crippen LogP contribution in [0.1, 0.15) is 16.2 Å². The summed E-state index contributed by atoms with van der Waals surface area (Å²) < 4.78 is 6.63. The molecule has 2 aromatic carbocycles. The Morgan fingerprint density at radius 2 is 2.08 bits per heavy atom. The minimum atomic E-state index is -0.447. The van der Waals surface area contributed by atoms with Crippen LogP contribution in [0.4, 0.5) is 5.69 Å². The summed E-state index contributed by atoms with van der Waals surface area (Å²) in [6.07, 6.45) is 0. The van der Waals surface area contributed by atoms with Crippen LogP contribution in [0.2, 0.25) is 0 Å². The second kappa shape index (κ2) is 6.37. The van der Waals surface area contributed by atoms with Gasteiger partial charge in [-0.25, -0.2) is 0 Å². The molecular weight excluding hydrogens is 310 g/mol. The lowest BCUT2D eigenvalue weighted by Gasteiger charge is -2.10. The molecular formula is C16H15N5O3. The van der Waals surface area contributed by atoms with E-state index in [1.807, 2.05) is 6.07 Å². The normalized spacial score (nSPS) is 10.4. The van der Waals surface area contributed by atoms with Gasteiger partial charge in [-0.05, 0) is 53.7 Å². The molecule has 0 aliphatic carbocycles.